The van der Waals surface area contributed by atoms with Crippen molar-refractivity contribution in [1.29, 1.82) is 0 Å². The SMILES string of the molecule is CCNC(=O)Nc1cc(-c2nc(C(F)(F)F)cs2)c(C2CCC3C(C2)C(=O)C(C(=O)OCC)=CN3CC2CCCCC2)cn1. The highest BCUT2D eigenvalue weighted by atomic mass is 32.1. The largest absolute Gasteiger partial charge is 0.462 e. The van der Waals surface area contributed by atoms with Crippen LogP contribution in [0.4, 0.5) is 23.8 Å². The first-order valence-electron chi connectivity index (χ1n) is 15.4. The highest BCUT2D eigenvalue weighted by Gasteiger charge is 2.45. The number of urea groups is 1. The number of carbonyl (C=O) groups is 3. The van der Waals surface area contributed by atoms with Crippen LogP contribution in [-0.2, 0) is 20.5 Å². The molecule has 0 bridgehead atoms. The van der Waals surface area contributed by atoms with Crippen LogP contribution in [0.3, 0.4) is 0 Å². The molecule has 2 aromatic heterocycles. The summed E-state index contributed by atoms with van der Waals surface area (Å²) >= 11 is 0.866. The second-order valence-corrected chi connectivity index (χ2v) is 12.5. The molecule has 2 fully saturated rings. The number of esters is 1. The highest BCUT2D eigenvalue weighted by Crippen LogP contribution is 2.46. The predicted octanol–water partition coefficient (Wildman–Crippen LogP) is 6.53. The number of thiazole rings is 1. The number of rotatable bonds is 8. The fourth-order valence-electron chi connectivity index (χ4n) is 6.75. The molecule has 9 nitrogen and oxygen atoms in total. The summed E-state index contributed by atoms with van der Waals surface area (Å²) in [6.07, 6.45) is 6.22. The molecule has 0 spiro atoms. The standard InChI is InChI=1S/C31H38F3N5O4S/c1-3-35-30(42)38-26-13-20(28-37-25(17-44-28)31(32,33)34)22(14-36-26)19-10-11-24-21(12-19)27(40)23(29(41)43-4-2)16-39(24)15-18-8-6-5-7-9-18/h13-14,16-19,21,24H,3-12,15H2,1-2H3,(H2,35,36,38,42). The van der Waals surface area contributed by atoms with Crippen molar-refractivity contribution in [3.63, 3.8) is 0 Å². The first-order chi connectivity index (χ1) is 21.1. The number of halogens is 3. The van der Waals surface area contributed by atoms with E-state index in [-0.39, 0.29) is 40.7 Å². The van der Waals surface area contributed by atoms with Crippen molar-refractivity contribution in [3.05, 3.63) is 40.7 Å². The Morgan fingerprint density at radius 3 is 2.59 bits per heavy atom. The molecule has 3 unspecified atom stereocenters. The van der Waals surface area contributed by atoms with E-state index >= 15 is 0 Å². The number of hydrogen-bond acceptors (Lipinski definition) is 8. The zero-order chi connectivity index (χ0) is 31.4. The van der Waals surface area contributed by atoms with Gasteiger partial charge < -0.3 is 15.0 Å². The Balaban J connectivity index is 1.47. The van der Waals surface area contributed by atoms with Crippen molar-refractivity contribution in [2.24, 2.45) is 11.8 Å². The van der Waals surface area contributed by atoms with Crippen LogP contribution in [0.5, 0.6) is 0 Å². The molecule has 13 heteroatoms. The van der Waals surface area contributed by atoms with Gasteiger partial charge in [0, 0.05) is 48.4 Å². The van der Waals surface area contributed by atoms with Gasteiger partial charge in [-0.25, -0.2) is 19.6 Å². The maximum absolute atomic E-state index is 13.8. The van der Waals surface area contributed by atoms with Gasteiger partial charge in [-0.2, -0.15) is 13.2 Å². The minimum atomic E-state index is -4.60. The second-order valence-electron chi connectivity index (χ2n) is 11.7. The lowest BCUT2D eigenvalue weighted by molar-refractivity contribution is -0.142. The zero-order valence-electron chi connectivity index (χ0n) is 24.9. The van der Waals surface area contributed by atoms with Gasteiger partial charge in [-0.05, 0) is 69.4 Å². The summed E-state index contributed by atoms with van der Waals surface area (Å²) < 4.78 is 45.7. The van der Waals surface area contributed by atoms with E-state index in [2.05, 4.69) is 25.5 Å². The molecule has 238 valence electrons. The van der Waals surface area contributed by atoms with Crippen LogP contribution in [0.25, 0.3) is 10.6 Å². The van der Waals surface area contributed by atoms with E-state index < -0.39 is 29.8 Å². The summed E-state index contributed by atoms with van der Waals surface area (Å²) in [7, 11) is 0. The number of pyridine rings is 1. The molecule has 0 aromatic carbocycles. The average molecular weight is 634 g/mol. The fraction of sp³-hybridized carbons (Fsp3) is 0.581. The van der Waals surface area contributed by atoms with E-state index in [0.29, 0.717) is 42.9 Å². The number of ketones is 1. The van der Waals surface area contributed by atoms with Crippen molar-refractivity contribution >= 4 is 34.9 Å². The number of alkyl halides is 3. The molecule has 1 aliphatic heterocycles. The van der Waals surface area contributed by atoms with Crippen LogP contribution in [-0.4, -0.2) is 58.4 Å². The van der Waals surface area contributed by atoms with Crippen LogP contribution in [0.1, 0.15) is 82.4 Å². The van der Waals surface area contributed by atoms with Gasteiger partial charge in [0.2, 0.25) is 0 Å². The number of nitrogens with zero attached hydrogens (tertiary/aromatic N) is 3. The lowest BCUT2D eigenvalue weighted by Crippen LogP contribution is -2.50. The molecular formula is C31H38F3N5O4S. The minimum Gasteiger partial charge on any atom is -0.462 e. The first-order valence-corrected chi connectivity index (χ1v) is 16.2. The smallest absolute Gasteiger partial charge is 0.434 e. The Morgan fingerprint density at radius 2 is 1.91 bits per heavy atom. The summed E-state index contributed by atoms with van der Waals surface area (Å²) in [4.78, 5) is 49.3. The van der Waals surface area contributed by atoms with Crippen LogP contribution in [0.15, 0.2) is 29.4 Å². The summed E-state index contributed by atoms with van der Waals surface area (Å²) in [5.74, 6) is -0.925. The van der Waals surface area contributed by atoms with Gasteiger partial charge in [0.1, 0.15) is 16.4 Å². The summed E-state index contributed by atoms with van der Waals surface area (Å²) in [5, 5.41) is 6.35. The van der Waals surface area contributed by atoms with Crippen molar-refractivity contribution in [2.45, 2.75) is 83.4 Å². The van der Waals surface area contributed by atoms with Crippen molar-refractivity contribution in [3.8, 4) is 10.6 Å². The molecule has 44 heavy (non-hydrogen) atoms. The Kier molecular flexibility index (Phi) is 9.91. The van der Waals surface area contributed by atoms with Crippen molar-refractivity contribution < 1.29 is 32.3 Å². The maximum Gasteiger partial charge on any atom is 0.434 e. The van der Waals surface area contributed by atoms with Crippen LogP contribution in [0.2, 0.25) is 0 Å². The lowest BCUT2D eigenvalue weighted by Gasteiger charge is -2.46. The predicted molar refractivity (Wildman–Crippen MR) is 160 cm³/mol. The van der Waals surface area contributed by atoms with Crippen LogP contribution >= 0.6 is 11.3 Å². The van der Waals surface area contributed by atoms with Crippen LogP contribution < -0.4 is 10.6 Å². The summed E-state index contributed by atoms with van der Waals surface area (Å²) in [5.41, 5.74) is 0.150. The van der Waals surface area contributed by atoms with Gasteiger partial charge in [0.15, 0.2) is 11.5 Å². The van der Waals surface area contributed by atoms with Gasteiger partial charge >= 0.3 is 18.2 Å². The number of ether oxygens (including phenoxy) is 1. The second kappa shape index (κ2) is 13.7. The van der Waals surface area contributed by atoms with E-state index in [1.165, 1.54) is 25.3 Å². The van der Waals surface area contributed by atoms with E-state index in [4.69, 9.17) is 4.74 Å². The Morgan fingerprint density at radius 1 is 1.14 bits per heavy atom. The zero-order valence-corrected chi connectivity index (χ0v) is 25.7. The molecule has 3 heterocycles. The summed E-state index contributed by atoms with van der Waals surface area (Å²) in [6.45, 7) is 4.78. The van der Waals surface area contributed by atoms with Crippen LogP contribution in [0, 0.1) is 11.8 Å². The molecule has 3 atom stereocenters. The molecule has 2 N–H and O–H groups in total. The van der Waals surface area contributed by atoms with E-state index in [1.54, 1.807) is 26.2 Å². The molecular weight excluding hydrogens is 595 g/mol. The number of nitrogens with one attached hydrogen (secondary N) is 2. The van der Waals surface area contributed by atoms with Crippen molar-refractivity contribution in [1.82, 2.24) is 20.2 Å². The molecule has 5 rings (SSSR count). The Bertz CT molecular complexity index is 1400. The molecule has 2 aliphatic carbocycles. The number of anilines is 1. The number of hydrogen-bond donors (Lipinski definition) is 2. The summed E-state index contributed by atoms with van der Waals surface area (Å²) in [6, 6.07) is 0.974. The molecule has 0 saturated heterocycles. The molecule has 0 radical (unpaired) electrons. The normalized spacial score (nSPS) is 22.7. The molecule has 2 saturated carbocycles. The third-order valence-corrected chi connectivity index (χ3v) is 9.68. The number of fused-ring (bicyclic) bond motifs is 1. The quantitative estimate of drug-likeness (QED) is 0.251. The van der Waals surface area contributed by atoms with E-state index in [0.717, 1.165) is 36.1 Å². The number of amides is 2. The number of aromatic nitrogens is 2. The van der Waals surface area contributed by atoms with Gasteiger partial charge in [0.25, 0.3) is 0 Å². The monoisotopic (exact) mass is 633 g/mol. The van der Waals surface area contributed by atoms with Crippen molar-refractivity contribution in [2.75, 3.05) is 25.0 Å². The topological polar surface area (TPSA) is 114 Å². The molecule has 2 aromatic rings. The first kappa shape index (κ1) is 31.9. The van der Waals surface area contributed by atoms with E-state index in [1.807, 2.05) is 0 Å². The average Bonchev–Trinajstić information content (AvgIpc) is 3.50. The Hall–Kier alpha value is -3.48. The van der Waals surface area contributed by atoms with Gasteiger partial charge in [-0.15, -0.1) is 11.3 Å². The van der Waals surface area contributed by atoms with E-state index in [9.17, 15) is 27.6 Å². The molecule has 2 amide bonds. The fourth-order valence-corrected chi connectivity index (χ4v) is 7.62. The minimum absolute atomic E-state index is 0.0548. The number of carbonyl (C=O) groups excluding carboxylic acids is 3. The highest BCUT2D eigenvalue weighted by molar-refractivity contribution is 7.13. The Labute approximate surface area is 258 Å². The van der Waals surface area contributed by atoms with Gasteiger partial charge in [-0.1, -0.05) is 19.3 Å². The number of Topliss-reactive ketones (excluding diaryl/α,β-unsaturated/α-hetero) is 1. The van der Waals surface area contributed by atoms with Gasteiger partial charge in [0.05, 0.1) is 6.61 Å². The maximum atomic E-state index is 13.8. The van der Waals surface area contributed by atoms with Gasteiger partial charge in [-0.3, -0.25) is 10.1 Å². The third-order valence-electron chi connectivity index (χ3n) is 8.80. The molecule has 3 aliphatic rings. The third kappa shape index (κ3) is 7.08. The lowest BCUT2D eigenvalue weighted by atomic mass is 9.70.